The van der Waals surface area contributed by atoms with Crippen molar-refractivity contribution in [2.75, 3.05) is 0 Å². The zero-order chi connectivity index (χ0) is 28.0. The van der Waals surface area contributed by atoms with E-state index in [2.05, 4.69) is 124 Å². The number of benzene rings is 6. The number of halogens is 1. The molecule has 8 aromatic rings. The summed E-state index contributed by atoms with van der Waals surface area (Å²) in [6.45, 7) is 0. The summed E-state index contributed by atoms with van der Waals surface area (Å²) in [6, 6.07) is 48.4. The van der Waals surface area contributed by atoms with Crippen LogP contribution in [0.4, 0.5) is 0 Å². The highest BCUT2D eigenvalue weighted by Crippen LogP contribution is 2.37. The molecule has 0 radical (unpaired) electrons. The second-order valence-corrected chi connectivity index (χ2v) is 10.6. The molecule has 5 heteroatoms. The second-order valence-electron chi connectivity index (χ2n) is 10.3. The van der Waals surface area contributed by atoms with Gasteiger partial charge in [0.2, 0.25) is 11.2 Å². The van der Waals surface area contributed by atoms with Crippen molar-refractivity contribution in [3.63, 3.8) is 0 Å². The van der Waals surface area contributed by atoms with Gasteiger partial charge in [0.1, 0.15) is 0 Å². The standard InChI is InChI=1S/C37H23ClN4/c38-36-39-35(40-37(41-36)42-32-18-6-4-14-30(32)31-15-5-7-19-33(31)42)27-22-20-25(21-23-27)29-17-9-13-26-12-8-16-28(34(26)29)24-10-2-1-3-11-24/h1-23H. The van der Waals surface area contributed by atoms with Gasteiger partial charge in [-0.1, -0.05) is 127 Å². The average molecular weight is 559 g/mol. The van der Waals surface area contributed by atoms with E-state index in [9.17, 15) is 0 Å². The molecule has 0 N–H and O–H groups in total. The lowest BCUT2D eigenvalue weighted by atomic mass is 9.91. The zero-order valence-corrected chi connectivity index (χ0v) is 23.2. The third-order valence-corrected chi connectivity index (χ3v) is 7.99. The maximum Gasteiger partial charge on any atom is 0.239 e. The first-order chi connectivity index (χ1) is 20.7. The van der Waals surface area contributed by atoms with E-state index in [-0.39, 0.29) is 5.28 Å². The van der Waals surface area contributed by atoms with Crippen molar-refractivity contribution >= 4 is 44.2 Å². The number of para-hydroxylation sites is 2. The molecule has 0 saturated heterocycles. The first-order valence-electron chi connectivity index (χ1n) is 13.8. The van der Waals surface area contributed by atoms with Gasteiger partial charge < -0.3 is 0 Å². The quantitative estimate of drug-likeness (QED) is 0.216. The van der Waals surface area contributed by atoms with E-state index in [0.29, 0.717) is 11.8 Å². The highest BCUT2D eigenvalue weighted by molar-refractivity contribution is 6.28. The first kappa shape index (κ1) is 24.5. The lowest BCUT2D eigenvalue weighted by Crippen LogP contribution is -2.04. The summed E-state index contributed by atoms with van der Waals surface area (Å²) in [4.78, 5) is 14.0. The van der Waals surface area contributed by atoms with E-state index >= 15 is 0 Å². The molecular weight excluding hydrogens is 536 g/mol. The van der Waals surface area contributed by atoms with Crippen molar-refractivity contribution in [3.8, 4) is 39.6 Å². The molecule has 42 heavy (non-hydrogen) atoms. The summed E-state index contributed by atoms with van der Waals surface area (Å²) in [7, 11) is 0. The summed E-state index contributed by atoms with van der Waals surface area (Å²) in [6.07, 6.45) is 0. The number of hydrogen-bond acceptors (Lipinski definition) is 3. The van der Waals surface area contributed by atoms with Crippen molar-refractivity contribution in [2.24, 2.45) is 0 Å². The molecule has 0 unspecified atom stereocenters. The number of hydrogen-bond donors (Lipinski definition) is 0. The van der Waals surface area contributed by atoms with Crippen LogP contribution in [-0.4, -0.2) is 19.5 Å². The number of aromatic nitrogens is 4. The van der Waals surface area contributed by atoms with Gasteiger partial charge in [0.25, 0.3) is 0 Å². The van der Waals surface area contributed by atoms with Gasteiger partial charge in [0.05, 0.1) is 11.0 Å². The molecule has 2 heterocycles. The van der Waals surface area contributed by atoms with Crippen LogP contribution in [0.2, 0.25) is 5.28 Å². The smallest absolute Gasteiger partial charge is 0.239 e. The Morgan fingerprint density at radius 3 is 1.64 bits per heavy atom. The van der Waals surface area contributed by atoms with Crippen LogP contribution in [-0.2, 0) is 0 Å². The number of rotatable bonds is 4. The average Bonchev–Trinajstić information content (AvgIpc) is 3.39. The maximum atomic E-state index is 6.51. The zero-order valence-electron chi connectivity index (χ0n) is 22.4. The van der Waals surface area contributed by atoms with Crippen molar-refractivity contribution in [1.82, 2.24) is 19.5 Å². The molecule has 0 atom stereocenters. The number of nitrogens with zero attached hydrogens (tertiary/aromatic N) is 4. The van der Waals surface area contributed by atoms with Gasteiger partial charge in [-0.2, -0.15) is 15.0 Å². The van der Waals surface area contributed by atoms with E-state index < -0.39 is 0 Å². The maximum absolute atomic E-state index is 6.51. The second kappa shape index (κ2) is 9.95. The van der Waals surface area contributed by atoms with Crippen molar-refractivity contribution < 1.29 is 0 Å². The first-order valence-corrected chi connectivity index (χ1v) is 14.2. The lowest BCUT2D eigenvalue weighted by Gasteiger charge is -2.13. The van der Waals surface area contributed by atoms with E-state index in [1.807, 2.05) is 30.3 Å². The van der Waals surface area contributed by atoms with Gasteiger partial charge in [0, 0.05) is 16.3 Å². The molecule has 8 rings (SSSR count). The predicted molar refractivity (Wildman–Crippen MR) is 173 cm³/mol. The van der Waals surface area contributed by atoms with Crippen LogP contribution in [0, 0.1) is 0 Å². The third kappa shape index (κ3) is 4.04. The molecule has 0 spiro atoms. The highest BCUT2D eigenvalue weighted by atomic mass is 35.5. The summed E-state index contributed by atoms with van der Waals surface area (Å²) < 4.78 is 2.05. The fourth-order valence-corrected chi connectivity index (χ4v) is 6.10. The largest absolute Gasteiger partial charge is 0.278 e. The summed E-state index contributed by atoms with van der Waals surface area (Å²) in [5, 5.41) is 4.87. The van der Waals surface area contributed by atoms with Crippen LogP contribution < -0.4 is 0 Å². The van der Waals surface area contributed by atoms with Crippen LogP contribution in [0.25, 0.3) is 72.2 Å². The molecule has 0 aliphatic heterocycles. The van der Waals surface area contributed by atoms with Gasteiger partial charge in [-0.25, -0.2) is 0 Å². The van der Waals surface area contributed by atoms with Crippen molar-refractivity contribution in [2.45, 2.75) is 0 Å². The van der Waals surface area contributed by atoms with Gasteiger partial charge >= 0.3 is 0 Å². The molecule has 0 aliphatic rings. The van der Waals surface area contributed by atoms with Gasteiger partial charge in [-0.3, -0.25) is 4.57 Å². The Morgan fingerprint density at radius 2 is 1.00 bits per heavy atom. The molecule has 0 bridgehead atoms. The van der Waals surface area contributed by atoms with E-state index in [4.69, 9.17) is 16.6 Å². The van der Waals surface area contributed by atoms with Crippen LogP contribution >= 0.6 is 11.6 Å². The molecule has 0 aliphatic carbocycles. The van der Waals surface area contributed by atoms with Crippen molar-refractivity contribution in [3.05, 3.63) is 145 Å². The Hall–Kier alpha value is -5.32. The van der Waals surface area contributed by atoms with E-state index in [1.54, 1.807) is 0 Å². The van der Waals surface area contributed by atoms with Crippen LogP contribution in [0.15, 0.2) is 140 Å². The van der Waals surface area contributed by atoms with Crippen molar-refractivity contribution in [1.29, 1.82) is 0 Å². The van der Waals surface area contributed by atoms with Crippen LogP contribution in [0.3, 0.4) is 0 Å². The Morgan fingerprint density at radius 1 is 0.452 bits per heavy atom. The van der Waals surface area contributed by atoms with Gasteiger partial charge in [-0.05, 0) is 56.8 Å². The minimum absolute atomic E-state index is 0.155. The fraction of sp³-hybridized carbons (Fsp3) is 0. The summed E-state index contributed by atoms with van der Waals surface area (Å²) in [5.41, 5.74) is 7.62. The topological polar surface area (TPSA) is 43.6 Å². The minimum atomic E-state index is 0.155. The highest BCUT2D eigenvalue weighted by Gasteiger charge is 2.16. The molecule has 2 aromatic heterocycles. The van der Waals surface area contributed by atoms with Gasteiger partial charge in [0.15, 0.2) is 5.82 Å². The van der Waals surface area contributed by atoms with Crippen LogP contribution in [0.5, 0.6) is 0 Å². The number of fused-ring (bicyclic) bond motifs is 4. The molecule has 4 nitrogen and oxygen atoms in total. The SMILES string of the molecule is Clc1nc(-c2ccc(-c3cccc4cccc(-c5ccccc5)c34)cc2)nc(-n2c3ccccc3c3ccccc32)n1. The Balaban J connectivity index is 1.24. The summed E-state index contributed by atoms with van der Waals surface area (Å²) in [5.74, 6) is 1.02. The normalized spacial score (nSPS) is 11.5. The Kier molecular flexibility index (Phi) is 5.80. The minimum Gasteiger partial charge on any atom is -0.278 e. The Bertz CT molecular complexity index is 2200. The Labute approximate surface area is 247 Å². The third-order valence-electron chi connectivity index (χ3n) is 7.82. The molecule has 0 saturated carbocycles. The lowest BCUT2D eigenvalue weighted by molar-refractivity contribution is 0.947. The molecule has 6 aromatic carbocycles. The van der Waals surface area contributed by atoms with Gasteiger partial charge in [-0.15, -0.1) is 0 Å². The molecule has 0 fully saturated rings. The van der Waals surface area contributed by atoms with E-state index in [0.717, 1.165) is 32.9 Å². The van der Waals surface area contributed by atoms with E-state index in [1.165, 1.54) is 27.5 Å². The summed E-state index contributed by atoms with van der Waals surface area (Å²) >= 11 is 6.51. The van der Waals surface area contributed by atoms with Crippen LogP contribution in [0.1, 0.15) is 0 Å². The monoisotopic (exact) mass is 558 g/mol. The molecule has 198 valence electrons. The molecule has 0 amide bonds. The molecular formula is C37H23ClN4. The fourth-order valence-electron chi connectivity index (χ4n) is 5.95. The predicted octanol–water partition coefficient (Wildman–Crippen LogP) is 9.78.